The van der Waals surface area contributed by atoms with Gasteiger partial charge in [-0.05, 0) is 37.3 Å². The molecule has 0 spiro atoms. The van der Waals surface area contributed by atoms with Crippen LogP contribution in [0.25, 0.3) is 17.1 Å². The summed E-state index contributed by atoms with van der Waals surface area (Å²) >= 11 is 1.42. The first-order valence-electron chi connectivity index (χ1n) is 8.00. The quantitative estimate of drug-likeness (QED) is 0.608. The number of phenols is 2. The number of rotatable bonds is 4. The number of hydrogen-bond donors (Lipinski definition) is 3. The monoisotopic (exact) mass is 368 g/mol. The molecule has 3 N–H and O–H groups in total. The van der Waals surface area contributed by atoms with E-state index in [2.05, 4.69) is 15.6 Å². The number of aromatic nitrogens is 3. The summed E-state index contributed by atoms with van der Waals surface area (Å²) in [6.45, 7) is 2.53. The standard InChI is InChI=1S/C18H16N4O3S/c1-2-25-13-5-3-4-12(8-13)17-19-20-18-22(17)21-14(10-26-18)11-6-7-15(23)16(24)9-11/h3-10,21,23-24H,2H2,1H3. The zero-order valence-corrected chi connectivity index (χ0v) is 14.7. The summed E-state index contributed by atoms with van der Waals surface area (Å²) in [5.74, 6) is 1.10. The van der Waals surface area contributed by atoms with Gasteiger partial charge in [0.05, 0.1) is 12.3 Å². The summed E-state index contributed by atoms with van der Waals surface area (Å²) < 4.78 is 7.34. The second kappa shape index (κ2) is 6.64. The Morgan fingerprint density at radius 3 is 2.77 bits per heavy atom. The Bertz CT molecular complexity index is 1000. The van der Waals surface area contributed by atoms with Crippen molar-refractivity contribution in [2.75, 3.05) is 12.0 Å². The molecule has 132 valence electrons. The molecule has 0 bridgehead atoms. The summed E-state index contributed by atoms with van der Waals surface area (Å²) in [5.41, 5.74) is 5.63. The molecular weight excluding hydrogens is 352 g/mol. The topological polar surface area (TPSA) is 92.4 Å². The maximum Gasteiger partial charge on any atom is 0.214 e. The number of aromatic hydroxyl groups is 2. The number of benzene rings is 2. The van der Waals surface area contributed by atoms with Crippen molar-refractivity contribution >= 4 is 17.5 Å². The van der Waals surface area contributed by atoms with Crippen molar-refractivity contribution in [1.29, 1.82) is 0 Å². The fourth-order valence-corrected chi connectivity index (χ4v) is 3.35. The SMILES string of the molecule is CCOc1cccc(-c2nnc3n2NC(c2ccc(O)c(O)c2)=CS3)c1. The number of thioether (sulfide) groups is 1. The molecule has 0 saturated heterocycles. The van der Waals surface area contributed by atoms with Crippen LogP contribution in [0.3, 0.4) is 0 Å². The van der Waals surface area contributed by atoms with Crippen LogP contribution in [0, 0.1) is 0 Å². The van der Waals surface area contributed by atoms with Crippen LogP contribution >= 0.6 is 11.8 Å². The fraction of sp³-hybridized carbons (Fsp3) is 0.111. The lowest BCUT2D eigenvalue weighted by Gasteiger charge is -2.19. The maximum atomic E-state index is 9.74. The normalized spacial score (nSPS) is 12.9. The Balaban J connectivity index is 1.68. The van der Waals surface area contributed by atoms with Crippen molar-refractivity contribution in [3.8, 4) is 28.6 Å². The van der Waals surface area contributed by atoms with E-state index in [0.717, 1.165) is 22.6 Å². The second-order valence-electron chi connectivity index (χ2n) is 5.57. The molecule has 0 saturated carbocycles. The van der Waals surface area contributed by atoms with Gasteiger partial charge in [-0.2, -0.15) is 0 Å². The van der Waals surface area contributed by atoms with Crippen molar-refractivity contribution in [3.63, 3.8) is 0 Å². The van der Waals surface area contributed by atoms with Gasteiger partial charge in [0, 0.05) is 16.5 Å². The van der Waals surface area contributed by atoms with Crippen molar-refractivity contribution in [2.45, 2.75) is 12.1 Å². The van der Waals surface area contributed by atoms with Gasteiger partial charge in [0.1, 0.15) is 5.75 Å². The molecule has 26 heavy (non-hydrogen) atoms. The summed E-state index contributed by atoms with van der Waals surface area (Å²) in [4.78, 5) is 0. The highest BCUT2D eigenvalue weighted by Gasteiger charge is 2.20. The van der Waals surface area contributed by atoms with E-state index in [1.165, 1.54) is 23.9 Å². The van der Waals surface area contributed by atoms with E-state index in [1.54, 1.807) is 10.7 Å². The highest BCUT2D eigenvalue weighted by molar-refractivity contribution is 8.02. The van der Waals surface area contributed by atoms with Gasteiger partial charge >= 0.3 is 0 Å². The van der Waals surface area contributed by atoms with Crippen molar-refractivity contribution in [3.05, 3.63) is 53.4 Å². The van der Waals surface area contributed by atoms with Crippen molar-refractivity contribution in [1.82, 2.24) is 14.9 Å². The Hall–Kier alpha value is -3.13. The Morgan fingerprint density at radius 2 is 1.96 bits per heavy atom. The smallest absolute Gasteiger partial charge is 0.214 e. The average Bonchev–Trinajstić information content (AvgIpc) is 3.08. The first-order valence-corrected chi connectivity index (χ1v) is 8.88. The van der Waals surface area contributed by atoms with Gasteiger partial charge < -0.3 is 14.9 Å². The molecule has 4 rings (SSSR count). The highest BCUT2D eigenvalue weighted by Crippen LogP contribution is 2.34. The molecule has 8 heteroatoms. The predicted octanol–water partition coefficient (Wildman–Crippen LogP) is 3.40. The molecule has 7 nitrogen and oxygen atoms in total. The first-order chi connectivity index (χ1) is 12.7. The van der Waals surface area contributed by atoms with E-state index in [1.807, 2.05) is 36.6 Å². The molecule has 1 aromatic heterocycles. The molecule has 0 atom stereocenters. The van der Waals surface area contributed by atoms with E-state index in [9.17, 15) is 10.2 Å². The molecule has 3 aromatic rings. The third-order valence-corrected chi connectivity index (χ3v) is 4.67. The Kier molecular flexibility index (Phi) is 4.18. The van der Waals surface area contributed by atoms with Gasteiger partial charge in [-0.15, -0.1) is 10.2 Å². The Labute approximate surface area is 153 Å². The molecule has 1 aliphatic heterocycles. The summed E-state index contributed by atoms with van der Waals surface area (Å²) in [6, 6.07) is 12.3. The van der Waals surface area contributed by atoms with E-state index >= 15 is 0 Å². The minimum Gasteiger partial charge on any atom is -0.504 e. The van der Waals surface area contributed by atoms with Crippen molar-refractivity contribution in [2.24, 2.45) is 0 Å². The summed E-state index contributed by atoms with van der Waals surface area (Å²) in [7, 11) is 0. The van der Waals surface area contributed by atoms with Crippen LogP contribution in [0.4, 0.5) is 0 Å². The second-order valence-corrected chi connectivity index (χ2v) is 6.40. The Morgan fingerprint density at radius 1 is 1.08 bits per heavy atom. The molecule has 2 heterocycles. The van der Waals surface area contributed by atoms with Crippen LogP contribution in [0.15, 0.2) is 53.0 Å². The lowest BCUT2D eigenvalue weighted by Crippen LogP contribution is -2.18. The number of nitrogens with zero attached hydrogens (tertiary/aromatic N) is 3. The molecule has 0 aliphatic carbocycles. The highest BCUT2D eigenvalue weighted by atomic mass is 32.2. The van der Waals surface area contributed by atoms with E-state index in [0.29, 0.717) is 17.6 Å². The van der Waals surface area contributed by atoms with Gasteiger partial charge in [-0.1, -0.05) is 23.9 Å². The summed E-state index contributed by atoms with van der Waals surface area (Å²) in [5, 5.41) is 30.3. The first kappa shape index (κ1) is 16.3. The van der Waals surface area contributed by atoms with Crippen LogP contribution in [0.5, 0.6) is 17.2 Å². The van der Waals surface area contributed by atoms with Crippen LogP contribution in [-0.4, -0.2) is 31.7 Å². The van der Waals surface area contributed by atoms with E-state index in [4.69, 9.17) is 4.74 Å². The molecular formula is C18H16N4O3S. The zero-order valence-electron chi connectivity index (χ0n) is 13.9. The van der Waals surface area contributed by atoms with E-state index in [-0.39, 0.29) is 11.5 Å². The number of fused-ring (bicyclic) bond motifs is 1. The molecule has 0 unspecified atom stereocenters. The third kappa shape index (κ3) is 2.95. The van der Waals surface area contributed by atoms with Gasteiger partial charge in [-0.25, -0.2) is 4.68 Å². The number of phenolic OH excluding ortho intramolecular Hbond substituents is 2. The molecule has 0 amide bonds. The lowest BCUT2D eigenvalue weighted by molar-refractivity contribution is 0.340. The van der Waals surface area contributed by atoms with E-state index < -0.39 is 0 Å². The minimum absolute atomic E-state index is 0.156. The van der Waals surface area contributed by atoms with Crippen LogP contribution < -0.4 is 10.2 Å². The van der Waals surface area contributed by atoms with Crippen LogP contribution in [0.1, 0.15) is 12.5 Å². The minimum atomic E-state index is -0.172. The predicted molar refractivity (Wildman–Crippen MR) is 99.6 cm³/mol. The zero-order chi connectivity index (χ0) is 18.1. The molecule has 2 aromatic carbocycles. The van der Waals surface area contributed by atoms with Gasteiger partial charge in [-0.3, -0.25) is 5.43 Å². The maximum absolute atomic E-state index is 9.74. The van der Waals surface area contributed by atoms with Gasteiger partial charge in [0.15, 0.2) is 17.3 Å². The van der Waals surface area contributed by atoms with Crippen molar-refractivity contribution < 1.29 is 14.9 Å². The average molecular weight is 368 g/mol. The third-order valence-electron chi connectivity index (χ3n) is 3.84. The van der Waals surface area contributed by atoms with Crippen LogP contribution in [-0.2, 0) is 0 Å². The molecule has 0 fully saturated rings. The number of hydrogen-bond acceptors (Lipinski definition) is 7. The number of nitrogens with one attached hydrogen (secondary N) is 1. The summed E-state index contributed by atoms with van der Waals surface area (Å²) in [6.07, 6.45) is 0. The molecule has 0 radical (unpaired) electrons. The largest absolute Gasteiger partial charge is 0.504 e. The molecule has 1 aliphatic rings. The fourth-order valence-electron chi connectivity index (χ4n) is 2.61. The van der Waals surface area contributed by atoms with Crippen LogP contribution in [0.2, 0.25) is 0 Å². The lowest BCUT2D eigenvalue weighted by atomic mass is 10.1. The number of ether oxygens (including phenoxy) is 1. The van der Waals surface area contributed by atoms with Gasteiger partial charge in [0.2, 0.25) is 5.16 Å². The van der Waals surface area contributed by atoms with Gasteiger partial charge in [0.25, 0.3) is 0 Å².